The first kappa shape index (κ1) is 23.7. The van der Waals surface area contributed by atoms with Gasteiger partial charge in [0.05, 0.1) is 11.4 Å². The van der Waals surface area contributed by atoms with Crippen LogP contribution in [-0.4, -0.2) is 80.7 Å². The number of piperazine rings is 1. The Labute approximate surface area is 189 Å². The van der Waals surface area contributed by atoms with E-state index in [2.05, 4.69) is 9.62 Å². The van der Waals surface area contributed by atoms with Gasteiger partial charge in [-0.05, 0) is 50.2 Å². The minimum absolute atomic E-state index is 0.0950. The van der Waals surface area contributed by atoms with Crippen LogP contribution in [0.3, 0.4) is 0 Å². The normalized spacial score (nSPS) is 14.8. The molecule has 0 unspecified atom stereocenters. The lowest BCUT2D eigenvalue weighted by Gasteiger charge is -2.35. The Kier molecular flexibility index (Phi) is 7.87. The summed E-state index contributed by atoms with van der Waals surface area (Å²) in [5, 5.41) is 0. The van der Waals surface area contributed by atoms with E-state index in [4.69, 9.17) is 0 Å². The van der Waals surface area contributed by atoms with Crippen LogP contribution in [-0.2, 0) is 14.8 Å². The van der Waals surface area contributed by atoms with E-state index < -0.39 is 10.0 Å². The number of likely N-dealkylation sites (N-methyl/N-ethyl adjacent to an activating group) is 1. The summed E-state index contributed by atoms with van der Waals surface area (Å²) in [5.41, 5.74) is 0.918. The molecule has 1 aliphatic rings. The predicted octanol–water partition coefficient (Wildman–Crippen LogP) is 2.11. The topological polar surface area (TPSA) is 90.0 Å². The summed E-state index contributed by atoms with van der Waals surface area (Å²) in [6.07, 6.45) is 0. The Balaban J connectivity index is 1.57. The lowest BCUT2D eigenvalue weighted by Crippen LogP contribution is -2.51. The monoisotopic (exact) mass is 458 g/mol. The summed E-state index contributed by atoms with van der Waals surface area (Å²) < 4.78 is 27.6. The molecule has 172 valence electrons. The van der Waals surface area contributed by atoms with Gasteiger partial charge in [0.1, 0.15) is 0 Å². The summed E-state index contributed by atoms with van der Waals surface area (Å²) in [6.45, 7) is 8.00. The summed E-state index contributed by atoms with van der Waals surface area (Å²) in [4.78, 5) is 30.8. The number of carbonyl (C=O) groups excluding carboxylic acids is 2. The van der Waals surface area contributed by atoms with Gasteiger partial charge < -0.3 is 9.80 Å². The van der Waals surface area contributed by atoms with Crippen molar-refractivity contribution in [1.29, 1.82) is 0 Å². The number of benzene rings is 2. The largest absolute Gasteiger partial charge is 0.342 e. The molecule has 2 aromatic carbocycles. The van der Waals surface area contributed by atoms with E-state index in [9.17, 15) is 18.0 Å². The molecule has 9 heteroatoms. The van der Waals surface area contributed by atoms with E-state index in [1.165, 1.54) is 24.3 Å². The van der Waals surface area contributed by atoms with Gasteiger partial charge in [0.15, 0.2) is 0 Å². The van der Waals surface area contributed by atoms with Gasteiger partial charge in [0.2, 0.25) is 5.91 Å². The first-order valence-electron chi connectivity index (χ1n) is 10.8. The highest BCUT2D eigenvalue weighted by molar-refractivity contribution is 7.92. The van der Waals surface area contributed by atoms with Crippen molar-refractivity contribution in [3.63, 3.8) is 0 Å². The zero-order valence-corrected chi connectivity index (χ0v) is 19.3. The van der Waals surface area contributed by atoms with E-state index in [0.29, 0.717) is 57.1 Å². The van der Waals surface area contributed by atoms with Gasteiger partial charge in [-0.1, -0.05) is 18.2 Å². The quantitative estimate of drug-likeness (QED) is 0.654. The number of carbonyl (C=O) groups is 2. The number of sulfonamides is 1. The van der Waals surface area contributed by atoms with Gasteiger partial charge in [-0.15, -0.1) is 0 Å². The van der Waals surface area contributed by atoms with Crippen molar-refractivity contribution < 1.29 is 18.0 Å². The van der Waals surface area contributed by atoms with Crippen molar-refractivity contribution in [2.75, 3.05) is 50.5 Å². The molecule has 0 aromatic heterocycles. The molecular weight excluding hydrogens is 428 g/mol. The van der Waals surface area contributed by atoms with Gasteiger partial charge in [-0.3, -0.25) is 19.2 Å². The summed E-state index contributed by atoms with van der Waals surface area (Å²) in [5.74, 6) is -0.0321. The van der Waals surface area contributed by atoms with E-state index in [0.717, 1.165) is 0 Å². The van der Waals surface area contributed by atoms with Crippen molar-refractivity contribution in [2.45, 2.75) is 18.7 Å². The van der Waals surface area contributed by atoms with Crippen LogP contribution in [0.4, 0.5) is 5.69 Å². The fraction of sp³-hybridized carbons (Fsp3) is 0.391. The second-order valence-electron chi connectivity index (χ2n) is 7.63. The predicted molar refractivity (Wildman–Crippen MR) is 124 cm³/mol. The maximum absolute atomic E-state index is 12.8. The molecular formula is C23H30N4O4S. The zero-order valence-electron chi connectivity index (χ0n) is 18.5. The van der Waals surface area contributed by atoms with Crippen LogP contribution >= 0.6 is 0 Å². The Morgan fingerprint density at radius 2 is 1.50 bits per heavy atom. The van der Waals surface area contributed by atoms with Crippen molar-refractivity contribution >= 4 is 27.5 Å². The van der Waals surface area contributed by atoms with Crippen molar-refractivity contribution in [3.05, 3.63) is 60.2 Å². The van der Waals surface area contributed by atoms with Crippen molar-refractivity contribution in [1.82, 2.24) is 14.7 Å². The third-order valence-electron chi connectivity index (χ3n) is 5.57. The van der Waals surface area contributed by atoms with E-state index in [1.54, 1.807) is 40.1 Å². The van der Waals surface area contributed by atoms with Gasteiger partial charge in [0.25, 0.3) is 15.9 Å². The fourth-order valence-electron chi connectivity index (χ4n) is 3.66. The number of hydrogen-bond donors (Lipinski definition) is 1. The SMILES string of the molecule is CCN(CC)C(=O)CN1CCN(C(=O)c2ccc(S(=O)(=O)Nc3ccccc3)cc2)CC1. The van der Waals surface area contributed by atoms with Gasteiger partial charge >= 0.3 is 0 Å². The standard InChI is InChI=1S/C23H30N4O4S/c1-3-26(4-2)22(28)18-25-14-16-27(17-15-25)23(29)19-10-12-21(13-11-19)32(30,31)24-20-8-6-5-7-9-20/h5-13,24H,3-4,14-18H2,1-2H3. The average molecular weight is 459 g/mol. The maximum atomic E-state index is 12.8. The van der Waals surface area contributed by atoms with Crippen LogP contribution in [0, 0.1) is 0 Å². The van der Waals surface area contributed by atoms with Crippen LogP contribution in [0.1, 0.15) is 24.2 Å². The van der Waals surface area contributed by atoms with E-state index >= 15 is 0 Å². The molecule has 3 rings (SSSR count). The Morgan fingerprint density at radius 3 is 2.06 bits per heavy atom. The van der Waals surface area contributed by atoms with Crippen LogP contribution < -0.4 is 4.72 Å². The average Bonchev–Trinajstić information content (AvgIpc) is 2.80. The maximum Gasteiger partial charge on any atom is 0.261 e. The second kappa shape index (κ2) is 10.6. The Bertz CT molecular complexity index is 1010. The number of para-hydroxylation sites is 1. The highest BCUT2D eigenvalue weighted by Crippen LogP contribution is 2.17. The molecule has 1 fully saturated rings. The molecule has 1 saturated heterocycles. The summed E-state index contributed by atoms with van der Waals surface area (Å²) >= 11 is 0. The third-order valence-corrected chi connectivity index (χ3v) is 6.97. The van der Waals surface area contributed by atoms with Crippen molar-refractivity contribution in [3.8, 4) is 0 Å². The number of rotatable bonds is 8. The lowest BCUT2D eigenvalue weighted by atomic mass is 10.2. The van der Waals surface area contributed by atoms with Gasteiger partial charge in [0, 0.05) is 50.5 Å². The first-order valence-corrected chi connectivity index (χ1v) is 12.3. The number of nitrogens with zero attached hydrogens (tertiary/aromatic N) is 3. The van der Waals surface area contributed by atoms with Crippen LogP contribution in [0.25, 0.3) is 0 Å². The number of amides is 2. The van der Waals surface area contributed by atoms with Crippen LogP contribution in [0.15, 0.2) is 59.5 Å². The van der Waals surface area contributed by atoms with E-state index in [-0.39, 0.29) is 16.7 Å². The number of hydrogen-bond acceptors (Lipinski definition) is 5. The Hall–Kier alpha value is -2.91. The number of anilines is 1. The number of nitrogens with one attached hydrogen (secondary N) is 1. The summed E-state index contributed by atoms with van der Waals surface area (Å²) in [6, 6.07) is 14.6. The van der Waals surface area contributed by atoms with E-state index in [1.807, 2.05) is 13.8 Å². The van der Waals surface area contributed by atoms with Crippen LogP contribution in [0.2, 0.25) is 0 Å². The molecule has 0 aliphatic carbocycles. The molecule has 0 spiro atoms. The van der Waals surface area contributed by atoms with Gasteiger partial charge in [-0.2, -0.15) is 0 Å². The molecule has 32 heavy (non-hydrogen) atoms. The zero-order chi connectivity index (χ0) is 23.1. The molecule has 0 bridgehead atoms. The van der Waals surface area contributed by atoms with Crippen LogP contribution in [0.5, 0.6) is 0 Å². The summed E-state index contributed by atoms with van der Waals surface area (Å²) in [7, 11) is -3.73. The molecule has 1 N–H and O–H groups in total. The molecule has 0 radical (unpaired) electrons. The molecule has 2 aromatic rings. The molecule has 0 atom stereocenters. The highest BCUT2D eigenvalue weighted by Gasteiger charge is 2.25. The lowest BCUT2D eigenvalue weighted by molar-refractivity contribution is -0.132. The smallest absolute Gasteiger partial charge is 0.261 e. The minimum Gasteiger partial charge on any atom is -0.342 e. The molecule has 1 heterocycles. The third kappa shape index (κ3) is 5.86. The second-order valence-corrected chi connectivity index (χ2v) is 9.31. The molecule has 0 saturated carbocycles. The molecule has 1 aliphatic heterocycles. The highest BCUT2D eigenvalue weighted by atomic mass is 32.2. The molecule has 2 amide bonds. The van der Waals surface area contributed by atoms with Gasteiger partial charge in [-0.25, -0.2) is 8.42 Å². The first-order chi connectivity index (χ1) is 15.3. The molecule has 8 nitrogen and oxygen atoms in total. The minimum atomic E-state index is -3.73. The fourth-order valence-corrected chi connectivity index (χ4v) is 4.71. The Morgan fingerprint density at radius 1 is 0.906 bits per heavy atom. The van der Waals surface area contributed by atoms with Crippen molar-refractivity contribution in [2.24, 2.45) is 0 Å².